The Bertz CT molecular complexity index is 490. The Hall–Kier alpha value is -0.760. The summed E-state index contributed by atoms with van der Waals surface area (Å²) in [6.07, 6.45) is 2.42. The third-order valence-corrected chi connectivity index (χ3v) is 4.78. The van der Waals surface area contributed by atoms with Gasteiger partial charge in [0.05, 0.1) is 37.0 Å². The van der Waals surface area contributed by atoms with Crippen LogP contribution in [0.25, 0.3) is 0 Å². The van der Waals surface area contributed by atoms with Gasteiger partial charge < -0.3 is 25.7 Å². The van der Waals surface area contributed by atoms with Gasteiger partial charge in [0.2, 0.25) is 0 Å². The minimum Gasteiger partial charge on any atom is -0.395 e. The third kappa shape index (κ3) is 6.47. The maximum atomic E-state index is 12.8. The zero-order chi connectivity index (χ0) is 17.5. The third-order valence-electron chi connectivity index (χ3n) is 4.78. The molecule has 1 fully saturated rings. The Kier molecular flexibility index (Phi) is 9.86. The highest BCUT2D eigenvalue weighted by molar-refractivity contribution is 5.85. The summed E-state index contributed by atoms with van der Waals surface area (Å²) in [4.78, 5) is 0. The first kappa shape index (κ1) is 22.3. The van der Waals surface area contributed by atoms with Gasteiger partial charge in [-0.1, -0.05) is 31.4 Å². The van der Waals surface area contributed by atoms with Crippen molar-refractivity contribution < 1.29 is 24.8 Å². The highest BCUT2D eigenvalue weighted by atomic mass is 35.5. The lowest BCUT2D eigenvalue weighted by Crippen LogP contribution is -2.44. The van der Waals surface area contributed by atoms with E-state index in [-0.39, 0.29) is 24.8 Å². The average molecular weight is 378 g/mol. The SMILES string of the molecule is Cl.OC[C@@H]1N[C@@H]([C@@H](O)CCCCCCc2ccc(F)cc2)[C@H](O)[C@H]1O. The van der Waals surface area contributed by atoms with E-state index in [0.29, 0.717) is 6.42 Å². The number of nitrogens with one attached hydrogen (secondary N) is 1. The maximum Gasteiger partial charge on any atom is 0.123 e. The molecular formula is C18H29ClFNO4. The summed E-state index contributed by atoms with van der Waals surface area (Å²) >= 11 is 0. The second-order valence-corrected chi connectivity index (χ2v) is 6.61. The molecule has 0 bridgehead atoms. The predicted octanol–water partition coefficient (Wildman–Crippen LogP) is 1.16. The van der Waals surface area contributed by atoms with Crippen LogP contribution in [0.1, 0.15) is 37.7 Å². The molecule has 0 unspecified atom stereocenters. The van der Waals surface area contributed by atoms with Crippen molar-refractivity contribution in [3.63, 3.8) is 0 Å². The molecule has 0 spiro atoms. The molecule has 2 rings (SSSR count). The smallest absolute Gasteiger partial charge is 0.123 e. The van der Waals surface area contributed by atoms with E-state index in [1.165, 1.54) is 12.1 Å². The van der Waals surface area contributed by atoms with Crippen LogP contribution in [0.4, 0.5) is 4.39 Å². The number of benzene rings is 1. The number of rotatable bonds is 9. The highest BCUT2D eigenvalue weighted by Gasteiger charge is 2.43. The summed E-state index contributed by atoms with van der Waals surface area (Å²) < 4.78 is 12.8. The fraction of sp³-hybridized carbons (Fsp3) is 0.667. The van der Waals surface area contributed by atoms with Gasteiger partial charge in [-0.2, -0.15) is 0 Å². The second kappa shape index (κ2) is 11.1. The molecule has 0 aromatic heterocycles. The van der Waals surface area contributed by atoms with Crippen LogP contribution < -0.4 is 5.32 Å². The minimum atomic E-state index is -1.06. The van der Waals surface area contributed by atoms with E-state index < -0.39 is 30.4 Å². The monoisotopic (exact) mass is 377 g/mol. The van der Waals surface area contributed by atoms with E-state index >= 15 is 0 Å². The van der Waals surface area contributed by atoms with E-state index in [1.807, 2.05) is 0 Å². The van der Waals surface area contributed by atoms with E-state index in [2.05, 4.69) is 5.32 Å². The largest absolute Gasteiger partial charge is 0.395 e. The zero-order valence-corrected chi connectivity index (χ0v) is 15.0. The van der Waals surface area contributed by atoms with Crippen molar-refractivity contribution in [1.82, 2.24) is 5.32 Å². The van der Waals surface area contributed by atoms with Gasteiger partial charge in [0, 0.05) is 0 Å². The van der Waals surface area contributed by atoms with Crippen LogP contribution >= 0.6 is 12.4 Å². The lowest BCUT2D eigenvalue weighted by atomic mass is 9.98. The first-order valence-corrected chi connectivity index (χ1v) is 8.68. The van der Waals surface area contributed by atoms with E-state index in [0.717, 1.165) is 37.7 Å². The van der Waals surface area contributed by atoms with E-state index in [9.17, 15) is 19.7 Å². The molecule has 5 atom stereocenters. The van der Waals surface area contributed by atoms with Crippen LogP contribution in [0.2, 0.25) is 0 Å². The molecule has 7 heteroatoms. The van der Waals surface area contributed by atoms with Gasteiger partial charge in [-0.15, -0.1) is 12.4 Å². The summed E-state index contributed by atoms with van der Waals surface area (Å²) in [5.41, 5.74) is 1.12. The molecule has 0 saturated carbocycles. The van der Waals surface area contributed by atoms with Crippen LogP contribution in [0.3, 0.4) is 0 Å². The first-order chi connectivity index (χ1) is 11.5. The lowest BCUT2D eigenvalue weighted by molar-refractivity contribution is -0.00443. The number of halogens is 2. The Morgan fingerprint density at radius 2 is 1.64 bits per heavy atom. The van der Waals surface area contributed by atoms with Gasteiger partial charge in [-0.25, -0.2) is 4.39 Å². The lowest BCUT2D eigenvalue weighted by Gasteiger charge is -2.22. The van der Waals surface area contributed by atoms with Crippen molar-refractivity contribution in [2.45, 2.75) is 68.9 Å². The molecule has 0 amide bonds. The fourth-order valence-corrected chi connectivity index (χ4v) is 3.26. The number of aliphatic hydroxyl groups is 4. The molecule has 0 aliphatic carbocycles. The molecule has 1 saturated heterocycles. The van der Waals surface area contributed by atoms with Crippen molar-refractivity contribution in [2.24, 2.45) is 0 Å². The quantitative estimate of drug-likeness (QED) is 0.416. The summed E-state index contributed by atoms with van der Waals surface area (Å²) in [5.74, 6) is -0.219. The molecule has 5 nitrogen and oxygen atoms in total. The summed E-state index contributed by atoms with van der Waals surface area (Å²) in [6.45, 7) is -0.273. The molecule has 144 valence electrons. The molecule has 1 aromatic carbocycles. The molecular weight excluding hydrogens is 349 g/mol. The Morgan fingerprint density at radius 3 is 2.24 bits per heavy atom. The van der Waals surface area contributed by atoms with Crippen molar-refractivity contribution in [1.29, 1.82) is 0 Å². The Morgan fingerprint density at radius 1 is 1.00 bits per heavy atom. The second-order valence-electron chi connectivity index (χ2n) is 6.61. The number of hydrogen-bond donors (Lipinski definition) is 5. The molecule has 1 aliphatic rings. The Balaban J connectivity index is 0.00000312. The van der Waals surface area contributed by atoms with Crippen molar-refractivity contribution in [3.8, 4) is 0 Å². The maximum absolute atomic E-state index is 12.8. The fourth-order valence-electron chi connectivity index (χ4n) is 3.26. The van der Waals surface area contributed by atoms with Gasteiger partial charge in [-0.3, -0.25) is 0 Å². The summed E-state index contributed by atoms with van der Waals surface area (Å²) in [5, 5.41) is 41.8. The highest BCUT2D eigenvalue weighted by Crippen LogP contribution is 2.20. The van der Waals surface area contributed by atoms with Gasteiger partial charge >= 0.3 is 0 Å². The summed E-state index contributed by atoms with van der Waals surface area (Å²) in [6, 6.07) is 5.36. The Labute approximate surface area is 154 Å². The molecule has 1 heterocycles. The minimum absolute atomic E-state index is 0. The normalized spacial score (nSPS) is 27.1. The van der Waals surface area contributed by atoms with Crippen LogP contribution in [-0.2, 0) is 6.42 Å². The van der Waals surface area contributed by atoms with E-state index in [4.69, 9.17) is 5.11 Å². The van der Waals surface area contributed by atoms with Gasteiger partial charge in [0.1, 0.15) is 5.82 Å². The molecule has 1 aromatic rings. The average Bonchev–Trinajstić information content (AvgIpc) is 2.87. The summed E-state index contributed by atoms with van der Waals surface area (Å²) in [7, 11) is 0. The molecule has 0 radical (unpaired) electrons. The molecule has 1 aliphatic heterocycles. The van der Waals surface area contributed by atoms with Gasteiger partial charge in [0.15, 0.2) is 0 Å². The number of aliphatic hydroxyl groups excluding tert-OH is 4. The zero-order valence-electron chi connectivity index (χ0n) is 14.2. The standard InChI is InChI=1S/C18H28FNO4.ClH/c19-13-9-7-12(8-10-13)5-3-1-2-4-6-15(22)16-18(24)17(23)14(11-21)20-16;/h7-10,14-18,20-24H,1-6,11H2;1H/t14-,15-,16-,17-,18-;/m0./s1. The van der Waals surface area contributed by atoms with E-state index in [1.54, 1.807) is 12.1 Å². The van der Waals surface area contributed by atoms with Crippen LogP contribution in [0, 0.1) is 5.82 Å². The van der Waals surface area contributed by atoms with Crippen molar-refractivity contribution >= 4 is 12.4 Å². The van der Waals surface area contributed by atoms with Crippen LogP contribution in [0.15, 0.2) is 24.3 Å². The van der Waals surface area contributed by atoms with Crippen molar-refractivity contribution in [3.05, 3.63) is 35.6 Å². The van der Waals surface area contributed by atoms with Crippen LogP contribution in [0.5, 0.6) is 0 Å². The first-order valence-electron chi connectivity index (χ1n) is 8.68. The topological polar surface area (TPSA) is 93.0 Å². The molecule has 25 heavy (non-hydrogen) atoms. The number of aryl methyl sites for hydroxylation is 1. The van der Waals surface area contributed by atoms with Crippen molar-refractivity contribution in [2.75, 3.05) is 6.61 Å². The van der Waals surface area contributed by atoms with Crippen LogP contribution in [-0.4, -0.2) is 57.4 Å². The van der Waals surface area contributed by atoms with Gasteiger partial charge in [0.25, 0.3) is 0 Å². The van der Waals surface area contributed by atoms with Gasteiger partial charge in [-0.05, 0) is 37.0 Å². The number of unbranched alkanes of at least 4 members (excludes halogenated alkanes) is 3. The number of hydrogen-bond acceptors (Lipinski definition) is 5. The molecule has 5 N–H and O–H groups in total. The predicted molar refractivity (Wildman–Crippen MR) is 96.3 cm³/mol.